The molecule has 0 aliphatic carbocycles. The lowest BCUT2D eigenvalue weighted by Crippen LogP contribution is -2.47. The Morgan fingerprint density at radius 2 is 1.77 bits per heavy atom. The van der Waals surface area contributed by atoms with Gasteiger partial charge in [-0.05, 0) is 44.5 Å². The minimum Gasteiger partial charge on any atom is -0.480 e. The maximum absolute atomic E-state index is 12.1. The fourth-order valence-corrected chi connectivity index (χ4v) is 1.98. The molecule has 6 nitrogen and oxygen atoms in total. The van der Waals surface area contributed by atoms with Gasteiger partial charge in [-0.15, -0.1) is 0 Å². The van der Waals surface area contributed by atoms with Crippen molar-refractivity contribution in [3.8, 4) is 0 Å². The van der Waals surface area contributed by atoms with E-state index < -0.39 is 18.1 Å². The second kappa shape index (κ2) is 8.29. The second-order valence-corrected chi connectivity index (χ2v) is 5.19. The van der Waals surface area contributed by atoms with E-state index in [4.69, 9.17) is 5.11 Å². The molecule has 0 aromatic heterocycles. The van der Waals surface area contributed by atoms with Gasteiger partial charge in [-0.1, -0.05) is 13.3 Å². The number of hydrogen-bond donors (Lipinski definition) is 3. The van der Waals surface area contributed by atoms with Crippen LogP contribution < -0.4 is 10.6 Å². The molecule has 2 atom stereocenters. The Morgan fingerprint density at radius 1 is 1.18 bits per heavy atom. The molecule has 0 aliphatic heterocycles. The Balaban J connectivity index is 2.63. The molecule has 2 unspecified atom stereocenters. The van der Waals surface area contributed by atoms with Gasteiger partial charge in [-0.25, -0.2) is 0 Å². The molecule has 0 radical (unpaired) electrons. The number of rotatable bonds is 8. The van der Waals surface area contributed by atoms with Crippen LogP contribution in [0.1, 0.15) is 44.0 Å². The summed E-state index contributed by atoms with van der Waals surface area (Å²) in [7, 11) is 0. The van der Waals surface area contributed by atoms with E-state index in [2.05, 4.69) is 10.6 Å². The summed E-state index contributed by atoms with van der Waals surface area (Å²) in [6.45, 7) is 4.98. The zero-order valence-electron chi connectivity index (χ0n) is 13.1. The van der Waals surface area contributed by atoms with Crippen molar-refractivity contribution in [1.29, 1.82) is 0 Å². The molecule has 120 valence electrons. The number of amides is 1. The summed E-state index contributed by atoms with van der Waals surface area (Å²) in [5, 5.41) is 14.6. The van der Waals surface area contributed by atoms with Crippen LogP contribution in [0.25, 0.3) is 0 Å². The molecule has 0 heterocycles. The summed E-state index contributed by atoms with van der Waals surface area (Å²) in [6.07, 6.45) is 1.17. The highest BCUT2D eigenvalue weighted by atomic mass is 16.4. The number of anilines is 1. The summed E-state index contributed by atoms with van der Waals surface area (Å²) in [5.74, 6) is -1.33. The van der Waals surface area contributed by atoms with Crippen LogP contribution in [0, 0.1) is 0 Å². The molecule has 0 spiro atoms. The molecule has 1 aromatic rings. The van der Waals surface area contributed by atoms with Crippen LogP contribution in [0.15, 0.2) is 24.3 Å². The zero-order valence-corrected chi connectivity index (χ0v) is 13.1. The first-order valence-corrected chi connectivity index (χ1v) is 7.25. The van der Waals surface area contributed by atoms with Crippen molar-refractivity contribution in [2.24, 2.45) is 0 Å². The van der Waals surface area contributed by atoms with Gasteiger partial charge in [0.25, 0.3) is 0 Å². The van der Waals surface area contributed by atoms with Crippen molar-refractivity contribution < 1.29 is 19.5 Å². The average molecular weight is 306 g/mol. The molecular weight excluding hydrogens is 284 g/mol. The molecule has 0 bridgehead atoms. The number of carbonyl (C=O) groups excluding carboxylic acids is 2. The minimum atomic E-state index is -0.965. The van der Waals surface area contributed by atoms with Gasteiger partial charge in [0.1, 0.15) is 6.04 Å². The number of carbonyl (C=O) groups is 3. The molecular formula is C16H22N2O4. The highest BCUT2D eigenvalue weighted by molar-refractivity contribution is 5.97. The second-order valence-electron chi connectivity index (χ2n) is 5.19. The standard InChI is InChI=1S/C16H22N2O4/c1-4-5-14(16(21)22)17-10(2)15(20)18-13-8-6-12(7-9-13)11(3)19/h6-10,14,17H,4-5H2,1-3H3,(H,18,20)(H,21,22). The van der Waals surface area contributed by atoms with E-state index in [1.165, 1.54) is 6.92 Å². The SMILES string of the molecule is CCCC(NC(C)C(=O)Nc1ccc(C(C)=O)cc1)C(=O)O. The number of aliphatic carboxylic acids is 1. The van der Waals surface area contributed by atoms with E-state index >= 15 is 0 Å². The fourth-order valence-electron chi connectivity index (χ4n) is 1.98. The summed E-state index contributed by atoms with van der Waals surface area (Å²) < 4.78 is 0. The van der Waals surface area contributed by atoms with Crippen molar-refractivity contribution in [2.75, 3.05) is 5.32 Å². The number of nitrogens with one attached hydrogen (secondary N) is 2. The third-order valence-corrected chi connectivity index (χ3v) is 3.28. The maximum Gasteiger partial charge on any atom is 0.320 e. The Labute approximate surface area is 129 Å². The van der Waals surface area contributed by atoms with E-state index in [0.29, 0.717) is 24.1 Å². The van der Waals surface area contributed by atoms with E-state index in [9.17, 15) is 14.4 Å². The predicted octanol–water partition coefficient (Wildman–Crippen LogP) is 2.06. The quantitative estimate of drug-likeness (QED) is 0.639. The number of hydrogen-bond acceptors (Lipinski definition) is 4. The Morgan fingerprint density at radius 3 is 2.23 bits per heavy atom. The van der Waals surface area contributed by atoms with Gasteiger partial charge in [0.05, 0.1) is 6.04 Å². The monoisotopic (exact) mass is 306 g/mol. The molecule has 6 heteroatoms. The van der Waals surface area contributed by atoms with E-state index in [1.807, 2.05) is 6.92 Å². The zero-order chi connectivity index (χ0) is 16.7. The highest BCUT2D eigenvalue weighted by Gasteiger charge is 2.22. The number of benzene rings is 1. The van der Waals surface area contributed by atoms with Crippen LogP contribution in [0.4, 0.5) is 5.69 Å². The smallest absolute Gasteiger partial charge is 0.320 e. The van der Waals surface area contributed by atoms with E-state index in [0.717, 1.165) is 0 Å². The van der Waals surface area contributed by atoms with Gasteiger partial charge >= 0.3 is 5.97 Å². The molecule has 1 amide bonds. The van der Waals surface area contributed by atoms with Crippen molar-refractivity contribution in [3.63, 3.8) is 0 Å². The first-order chi connectivity index (χ1) is 10.3. The molecule has 1 rings (SSSR count). The van der Waals surface area contributed by atoms with Gasteiger partial charge in [-0.2, -0.15) is 0 Å². The molecule has 0 fully saturated rings. The molecule has 22 heavy (non-hydrogen) atoms. The largest absolute Gasteiger partial charge is 0.480 e. The van der Waals surface area contributed by atoms with E-state index in [-0.39, 0.29) is 11.7 Å². The Hall–Kier alpha value is -2.21. The van der Waals surface area contributed by atoms with Crippen LogP contribution in [0.5, 0.6) is 0 Å². The van der Waals surface area contributed by atoms with Crippen LogP contribution in [0.3, 0.4) is 0 Å². The number of ketones is 1. The van der Waals surface area contributed by atoms with Crippen molar-refractivity contribution in [3.05, 3.63) is 29.8 Å². The lowest BCUT2D eigenvalue weighted by atomic mass is 10.1. The van der Waals surface area contributed by atoms with Gasteiger partial charge in [-0.3, -0.25) is 19.7 Å². The van der Waals surface area contributed by atoms with Gasteiger partial charge in [0, 0.05) is 11.3 Å². The summed E-state index contributed by atoms with van der Waals surface area (Å²) in [6, 6.07) is 5.16. The summed E-state index contributed by atoms with van der Waals surface area (Å²) >= 11 is 0. The Bertz CT molecular complexity index is 540. The van der Waals surface area contributed by atoms with Gasteiger partial charge in [0.2, 0.25) is 5.91 Å². The van der Waals surface area contributed by atoms with Gasteiger partial charge in [0.15, 0.2) is 5.78 Å². The lowest BCUT2D eigenvalue weighted by molar-refractivity contribution is -0.140. The highest BCUT2D eigenvalue weighted by Crippen LogP contribution is 2.10. The first-order valence-electron chi connectivity index (χ1n) is 7.25. The van der Waals surface area contributed by atoms with Crippen molar-refractivity contribution in [2.45, 2.75) is 45.7 Å². The van der Waals surface area contributed by atoms with Crippen molar-refractivity contribution in [1.82, 2.24) is 5.32 Å². The predicted molar refractivity (Wildman–Crippen MR) is 84.0 cm³/mol. The summed E-state index contributed by atoms with van der Waals surface area (Å²) in [4.78, 5) is 34.3. The number of Topliss-reactive ketones (excluding diaryl/α,β-unsaturated/α-hetero) is 1. The van der Waals surface area contributed by atoms with E-state index in [1.54, 1.807) is 31.2 Å². The lowest BCUT2D eigenvalue weighted by Gasteiger charge is -2.19. The van der Waals surface area contributed by atoms with Crippen LogP contribution in [-0.4, -0.2) is 34.8 Å². The minimum absolute atomic E-state index is 0.0447. The van der Waals surface area contributed by atoms with Gasteiger partial charge < -0.3 is 10.4 Å². The molecule has 1 aromatic carbocycles. The maximum atomic E-state index is 12.1. The normalized spacial score (nSPS) is 13.2. The van der Waals surface area contributed by atoms with Crippen molar-refractivity contribution >= 4 is 23.3 Å². The first kappa shape index (κ1) is 17.8. The fraction of sp³-hybridized carbons (Fsp3) is 0.438. The van der Waals surface area contributed by atoms with Crippen LogP contribution in [-0.2, 0) is 9.59 Å². The third kappa shape index (κ3) is 5.29. The topological polar surface area (TPSA) is 95.5 Å². The molecule has 0 aliphatic rings. The van der Waals surface area contributed by atoms with Crippen LogP contribution >= 0.6 is 0 Å². The average Bonchev–Trinajstić information content (AvgIpc) is 2.47. The molecule has 0 saturated heterocycles. The number of carboxylic acid groups (broad SMARTS) is 1. The Kier molecular flexibility index (Phi) is 6.72. The van der Waals surface area contributed by atoms with Crippen LogP contribution in [0.2, 0.25) is 0 Å². The molecule has 0 saturated carbocycles. The number of carboxylic acids is 1. The third-order valence-electron chi connectivity index (χ3n) is 3.28. The molecule has 3 N–H and O–H groups in total. The summed E-state index contributed by atoms with van der Waals surface area (Å²) in [5.41, 5.74) is 1.13.